The summed E-state index contributed by atoms with van der Waals surface area (Å²) >= 11 is 1.67. The molecule has 1 saturated carbocycles. The molecule has 0 amide bonds. The molecule has 5 heteroatoms. The highest BCUT2D eigenvalue weighted by Crippen LogP contribution is 2.53. The van der Waals surface area contributed by atoms with Gasteiger partial charge in [0.1, 0.15) is 5.01 Å². The van der Waals surface area contributed by atoms with Crippen molar-refractivity contribution in [2.24, 2.45) is 11.3 Å². The average molecular weight is 253 g/mol. The van der Waals surface area contributed by atoms with E-state index in [-0.39, 0.29) is 5.41 Å². The quantitative estimate of drug-likeness (QED) is 0.898. The summed E-state index contributed by atoms with van der Waals surface area (Å²) < 4.78 is 5.79. The van der Waals surface area contributed by atoms with E-state index in [0.29, 0.717) is 18.1 Å². The number of ether oxygens (including phenoxy) is 1. The van der Waals surface area contributed by atoms with E-state index in [9.17, 15) is 0 Å². The lowest BCUT2D eigenvalue weighted by molar-refractivity contribution is -0.0923. The minimum Gasteiger partial charge on any atom is -0.377 e. The summed E-state index contributed by atoms with van der Waals surface area (Å²) in [5.74, 6) is 0.652. The predicted molar refractivity (Wildman–Crippen MR) is 68.3 cm³/mol. The van der Waals surface area contributed by atoms with Gasteiger partial charge in [-0.15, -0.1) is 10.2 Å². The van der Waals surface area contributed by atoms with E-state index < -0.39 is 0 Å². The minimum atomic E-state index is 0.208. The lowest BCUT2D eigenvalue weighted by atomic mass is 9.57. The Balaban J connectivity index is 1.73. The molecule has 94 valence electrons. The fraction of sp³-hybridized carbons (Fsp3) is 0.833. The Morgan fingerprint density at radius 3 is 3.00 bits per heavy atom. The van der Waals surface area contributed by atoms with Crippen LogP contribution in [0.3, 0.4) is 0 Å². The van der Waals surface area contributed by atoms with Crippen LogP contribution in [0.2, 0.25) is 0 Å². The van der Waals surface area contributed by atoms with Crippen molar-refractivity contribution in [1.82, 2.24) is 10.2 Å². The topological polar surface area (TPSA) is 47.0 Å². The average Bonchev–Trinajstić information content (AvgIpc) is 2.93. The summed E-state index contributed by atoms with van der Waals surface area (Å²) in [6.07, 6.45) is 2.56. The van der Waals surface area contributed by atoms with Crippen molar-refractivity contribution in [1.29, 1.82) is 0 Å². The fourth-order valence-corrected chi connectivity index (χ4v) is 3.92. The van der Waals surface area contributed by atoms with Crippen LogP contribution in [-0.4, -0.2) is 29.0 Å². The first kappa shape index (κ1) is 11.4. The maximum absolute atomic E-state index is 5.79. The van der Waals surface area contributed by atoms with Gasteiger partial charge in [0.15, 0.2) is 0 Å². The summed E-state index contributed by atoms with van der Waals surface area (Å²) in [5, 5.41) is 14.0. The molecule has 4 nitrogen and oxygen atoms in total. The fourth-order valence-electron chi connectivity index (χ4n) is 3.21. The van der Waals surface area contributed by atoms with E-state index in [0.717, 1.165) is 23.2 Å². The number of hydrogen-bond donors (Lipinski definition) is 1. The largest absolute Gasteiger partial charge is 0.377 e. The van der Waals surface area contributed by atoms with Gasteiger partial charge in [-0.05, 0) is 12.8 Å². The molecule has 0 spiro atoms. The van der Waals surface area contributed by atoms with Gasteiger partial charge < -0.3 is 10.1 Å². The first-order valence-electron chi connectivity index (χ1n) is 6.33. The third-order valence-electron chi connectivity index (χ3n) is 4.15. The SMILES string of the molecule is CCc1nnc(NC2C3CCOC3C2(C)C)s1. The van der Waals surface area contributed by atoms with Gasteiger partial charge in [0.05, 0.1) is 6.10 Å². The van der Waals surface area contributed by atoms with Gasteiger partial charge in [-0.1, -0.05) is 32.1 Å². The van der Waals surface area contributed by atoms with Crippen LogP contribution in [0.5, 0.6) is 0 Å². The van der Waals surface area contributed by atoms with Crippen LogP contribution in [0, 0.1) is 11.3 Å². The summed E-state index contributed by atoms with van der Waals surface area (Å²) in [6, 6.07) is 0.479. The molecule has 0 bridgehead atoms. The van der Waals surface area contributed by atoms with Crippen LogP contribution in [-0.2, 0) is 11.2 Å². The number of hydrogen-bond acceptors (Lipinski definition) is 5. The number of nitrogens with zero attached hydrogens (tertiary/aromatic N) is 2. The molecule has 0 radical (unpaired) electrons. The van der Waals surface area contributed by atoms with Gasteiger partial charge in [0, 0.05) is 24.0 Å². The Bertz CT molecular complexity index is 418. The van der Waals surface area contributed by atoms with Crippen LogP contribution < -0.4 is 5.32 Å². The van der Waals surface area contributed by atoms with E-state index in [1.807, 2.05) is 0 Å². The van der Waals surface area contributed by atoms with Gasteiger partial charge in [0.25, 0.3) is 0 Å². The molecular formula is C12H19N3OS. The molecule has 1 aromatic rings. The van der Waals surface area contributed by atoms with Gasteiger partial charge in [-0.3, -0.25) is 0 Å². The zero-order valence-electron chi connectivity index (χ0n) is 10.6. The number of anilines is 1. The Kier molecular flexibility index (Phi) is 2.63. The second kappa shape index (κ2) is 3.92. The standard InChI is InChI=1S/C12H19N3OS/c1-4-8-14-15-11(17-8)13-9-7-5-6-16-10(7)12(9,2)3/h7,9-10H,4-6H2,1-3H3,(H,13,15). The second-order valence-corrected chi connectivity index (χ2v) is 6.60. The van der Waals surface area contributed by atoms with Gasteiger partial charge in [0.2, 0.25) is 5.13 Å². The molecule has 2 heterocycles. The van der Waals surface area contributed by atoms with Crippen LogP contribution in [0.4, 0.5) is 5.13 Å². The van der Waals surface area contributed by atoms with E-state index in [2.05, 4.69) is 36.3 Å². The monoisotopic (exact) mass is 253 g/mol. The summed E-state index contributed by atoms with van der Waals surface area (Å²) in [7, 11) is 0. The normalized spacial score (nSPS) is 34.2. The van der Waals surface area contributed by atoms with E-state index in [1.165, 1.54) is 6.42 Å². The van der Waals surface area contributed by atoms with E-state index in [4.69, 9.17) is 4.74 Å². The van der Waals surface area contributed by atoms with Crippen molar-refractivity contribution < 1.29 is 4.74 Å². The molecule has 3 unspecified atom stereocenters. The van der Waals surface area contributed by atoms with Gasteiger partial charge >= 0.3 is 0 Å². The van der Waals surface area contributed by atoms with Crippen LogP contribution >= 0.6 is 11.3 Å². The molecule has 3 rings (SSSR count). The first-order valence-corrected chi connectivity index (χ1v) is 7.15. The molecule has 2 fully saturated rings. The van der Waals surface area contributed by atoms with Crippen molar-refractivity contribution >= 4 is 16.5 Å². The van der Waals surface area contributed by atoms with Crippen LogP contribution in [0.15, 0.2) is 0 Å². The van der Waals surface area contributed by atoms with Crippen molar-refractivity contribution in [3.63, 3.8) is 0 Å². The van der Waals surface area contributed by atoms with Crippen molar-refractivity contribution in [3.8, 4) is 0 Å². The molecule has 1 aliphatic heterocycles. The number of aryl methyl sites for hydroxylation is 1. The third-order valence-corrected chi connectivity index (χ3v) is 5.15. The number of fused-ring (bicyclic) bond motifs is 1. The Morgan fingerprint density at radius 2 is 2.29 bits per heavy atom. The van der Waals surface area contributed by atoms with Crippen LogP contribution in [0.1, 0.15) is 32.2 Å². The zero-order chi connectivity index (χ0) is 12.0. The maximum atomic E-state index is 5.79. The molecule has 17 heavy (non-hydrogen) atoms. The lowest BCUT2D eigenvalue weighted by Gasteiger charge is -2.54. The molecule has 1 saturated heterocycles. The Hall–Kier alpha value is -0.680. The van der Waals surface area contributed by atoms with Crippen molar-refractivity contribution in [3.05, 3.63) is 5.01 Å². The molecule has 1 aromatic heterocycles. The Labute approximate surface area is 106 Å². The zero-order valence-corrected chi connectivity index (χ0v) is 11.4. The van der Waals surface area contributed by atoms with Crippen molar-refractivity contribution in [2.45, 2.75) is 45.8 Å². The third kappa shape index (κ3) is 1.67. The molecule has 1 aliphatic carbocycles. The second-order valence-electron chi connectivity index (χ2n) is 5.54. The minimum absolute atomic E-state index is 0.208. The first-order chi connectivity index (χ1) is 8.13. The smallest absolute Gasteiger partial charge is 0.205 e. The Morgan fingerprint density at radius 1 is 1.47 bits per heavy atom. The highest BCUT2D eigenvalue weighted by molar-refractivity contribution is 7.15. The summed E-state index contributed by atoms with van der Waals surface area (Å²) in [4.78, 5) is 0. The molecule has 0 aromatic carbocycles. The van der Waals surface area contributed by atoms with E-state index >= 15 is 0 Å². The summed E-state index contributed by atoms with van der Waals surface area (Å²) in [5.41, 5.74) is 0.208. The summed E-state index contributed by atoms with van der Waals surface area (Å²) in [6.45, 7) is 7.57. The van der Waals surface area contributed by atoms with E-state index in [1.54, 1.807) is 11.3 Å². The number of rotatable bonds is 3. The predicted octanol–water partition coefficient (Wildman–Crippen LogP) is 2.33. The van der Waals surface area contributed by atoms with Crippen LogP contribution in [0.25, 0.3) is 0 Å². The number of nitrogens with one attached hydrogen (secondary N) is 1. The molecule has 3 atom stereocenters. The highest BCUT2D eigenvalue weighted by atomic mass is 32.1. The lowest BCUT2D eigenvalue weighted by Crippen LogP contribution is -2.63. The highest BCUT2D eigenvalue weighted by Gasteiger charge is 2.59. The van der Waals surface area contributed by atoms with Gasteiger partial charge in [-0.2, -0.15) is 0 Å². The molecular weight excluding hydrogens is 234 g/mol. The van der Waals surface area contributed by atoms with Crippen molar-refractivity contribution in [2.75, 3.05) is 11.9 Å². The maximum Gasteiger partial charge on any atom is 0.205 e. The number of aromatic nitrogens is 2. The molecule has 2 aliphatic rings. The van der Waals surface area contributed by atoms with Gasteiger partial charge in [-0.25, -0.2) is 0 Å². The molecule has 1 N–H and O–H groups in total.